The summed E-state index contributed by atoms with van der Waals surface area (Å²) in [7, 11) is 1.82. The highest BCUT2D eigenvalue weighted by molar-refractivity contribution is 8.16. The van der Waals surface area contributed by atoms with Crippen molar-refractivity contribution in [1.29, 1.82) is 0 Å². The third-order valence-electron chi connectivity index (χ3n) is 4.44. The fraction of sp³-hybridized carbons (Fsp3) is 0.381. The van der Waals surface area contributed by atoms with E-state index in [1.165, 1.54) is 29.1 Å². The molecule has 0 atom stereocenters. The van der Waals surface area contributed by atoms with Gasteiger partial charge in [0.25, 0.3) is 5.91 Å². The summed E-state index contributed by atoms with van der Waals surface area (Å²) in [5.74, 6) is 3.20. The van der Waals surface area contributed by atoms with Crippen LogP contribution in [0.5, 0.6) is 5.75 Å². The summed E-state index contributed by atoms with van der Waals surface area (Å²) in [5, 5.41) is 0. The maximum Gasteiger partial charge on any atom is 0.260 e. The zero-order valence-electron chi connectivity index (χ0n) is 15.3. The van der Waals surface area contributed by atoms with Gasteiger partial charge in [0.05, 0.1) is 4.58 Å². The summed E-state index contributed by atoms with van der Waals surface area (Å²) < 4.78 is 6.22. The van der Waals surface area contributed by atoms with Crippen molar-refractivity contribution in [2.24, 2.45) is 0 Å². The lowest BCUT2D eigenvalue weighted by Crippen LogP contribution is -2.31. The van der Waals surface area contributed by atoms with Gasteiger partial charge < -0.3 is 9.64 Å². The van der Waals surface area contributed by atoms with Gasteiger partial charge in [-0.05, 0) is 53.7 Å². The van der Waals surface area contributed by atoms with Crippen LogP contribution in [-0.2, 0) is 11.3 Å². The molecule has 0 radical (unpaired) electrons. The second-order valence-corrected chi connectivity index (χ2v) is 9.19. The van der Waals surface area contributed by atoms with Crippen LogP contribution in [0, 0.1) is 6.92 Å². The van der Waals surface area contributed by atoms with Crippen molar-refractivity contribution in [3.05, 3.63) is 65.2 Å². The molecule has 1 fully saturated rings. The lowest BCUT2D eigenvalue weighted by Gasteiger charge is -2.21. The van der Waals surface area contributed by atoms with Gasteiger partial charge in [-0.1, -0.05) is 36.4 Å². The second-order valence-electron chi connectivity index (χ2n) is 6.46. The molecule has 1 amide bonds. The van der Waals surface area contributed by atoms with Crippen LogP contribution >= 0.6 is 23.5 Å². The molecule has 0 saturated carbocycles. The molecule has 26 heavy (non-hydrogen) atoms. The molecule has 0 N–H and O–H groups in total. The largest absolute Gasteiger partial charge is 0.484 e. The molecular weight excluding hydrogens is 362 g/mol. The Morgan fingerprint density at radius 1 is 1.12 bits per heavy atom. The number of benzene rings is 2. The molecule has 0 unspecified atom stereocenters. The first-order chi connectivity index (χ1) is 12.6. The first-order valence-corrected chi connectivity index (χ1v) is 11.0. The Balaban J connectivity index is 1.50. The summed E-state index contributed by atoms with van der Waals surface area (Å²) in [5.41, 5.74) is 3.69. The minimum atomic E-state index is -0.0179. The van der Waals surface area contributed by atoms with E-state index in [2.05, 4.69) is 31.2 Å². The van der Waals surface area contributed by atoms with Crippen LogP contribution in [0.2, 0.25) is 0 Å². The number of carbonyl (C=O) groups excluding carboxylic acids is 1. The van der Waals surface area contributed by atoms with Gasteiger partial charge in [-0.25, -0.2) is 0 Å². The summed E-state index contributed by atoms with van der Waals surface area (Å²) in [6.45, 7) is 2.73. The molecule has 1 aliphatic rings. The van der Waals surface area contributed by atoms with E-state index in [0.717, 1.165) is 11.3 Å². The van der Waals surface area contributed by atoms with Gasteiger partial charge in [0.2, 0.25) is 0 Å². The van der Waals surface area contributed by atoms with Gasteiger partial charge in [0, 0.05) is 13.6 Å². The zero-order chi connectivity index (χ0) is 18.4. The molecule has 1 aliphatic heterocycles. The van der Waals surface area contributed by atoms with Gasteiger partial charge in [-0.2, -0.15) is 0 Å². The number of likely N-dealkylation sites (N-methyl/N-ethyl adjacent to an activating group) is 1. The Hall–Kier alpha value is -1.59. The number of rotatable bonds is 6. The fourth-order valence-corrected chi connectivity index (χ4v) is 5.68. The molecule has 2 aromatic rings. The van der Waals surface area contributed by atoms with Crippen molar-refractivity contribution < 1.29 is 9.53 Å². The number of thioether (sulfide) groups is 2. The van der Waals surface area contributed by atoms with Gasteiger partial charge in [0.1, 0.15) is 5.75 Å². The monoisotopic (exact) mass is 387 g/mol. The Morgan fingerprint density at radius 2 is 1.81 bits per heavy atom. The molecule has 3 rings (SSSR count). The third kappa shape index (κ3) is 5.21. The van der Waals surface area contributed by atoms with Crippen molar-refractivity contribution in [1.82, 2.24) is 4.90 Å². The smallest absolute Gasteiger partial charge is 0.260 e. The molecule has 2 aromatic carbocycles. The quantitative estimate of drug-likeness (QED) is 0.705. The first-order valence-electron chi connectivity index (χ1n) is 8.88. The second kappa shape index (κ2) is 9.38. The molecule has 1 heterocycles. The van der Waals surface area contributed by atoms with Crippen LogP contribution < -0.4 is 4.74 Å². The van der Waals surface area contributed by atoms with Crippen LogP contribution in [0.15, 0.2) is 48.5 Å². The number of nitrogens with zero attached hydrogens (tertiary/aromatic N) is 1. The number of hydrogen-bond acceptors (Lipinski definition) is 4. The average Bonchev–Trinajstić information content (AvgIpc) is 2.69. The van der Waals surface area contributed by atoms with Crippen molar-refractivity contribution in [3.8, 4) is 5.75 Å². The molecule has 1 saturated heterocycles. The molecule has 5 heteroatoms. The van der Waals surface area contributed by atoms with E-state index in [1.54, 1.807) is 4.90 Å². The Kier molecular flexibility index (Phi) is 6.92. The van der Waals surface area contributed by atoms with Crippen LogP contribution in [0.1, 0.15) is 27.7 Å². The highest BCUT2D eigenvalue weighted by atomic mass is 32.2. The van der Waals surface area contributed by atoms with Crippen LogP contribution in [0.25, 0.3) is 0 Å². The average molecular weight is 388 g/mol. The van der Waals surface area contributed by atoms with E-state index in [-0.39, 0.29) is 12.5 Å². The van der Waals surface area contributed by atoms with E-state index in [9.17, 15) is 4.79 Å². The maximum atomic E-state index is 12.3. The Bertz CT molecular complexity index is 727. The minimum absolute atomic E-state index is 0.0179. The van der Waals surface area contributed by atoms with E-state index < -0.39 is 0 Å². The lowest BCUT2D eigenvalue weighted by atomic mass is 10.1. The molecule has 0 aliphatic carbocycles. The molecule has 138 valence electrons. The first kappa shape index (κ1) is 19.2. The van der Waals surface area contributed by atoms with Crippen LogP contribution in [-0.4, -0.2) is 36.0 Å². The highest BCUT2D eigenvalue weighted by Crippen LogP contribution is 2.43. The standard InChI is InChI=1S/C21H25NO2S2/c1-16-6-3-4-7-18(16)14-22(2)20(23)15-24-19-10-8-17(9-11-19)21-25-12-5-13-26-21/h3-4,6-11,21H,5,12-15H2,1-2H3. The van der Waals surface area contributed by atoms with Gasteiger partial charge in [0.15, 0.2) is 6.61 Å². The number of hydrogen-bond donors (Lipinski definition) is 0. The third-order valence-corrected chi connectivity index (χ3v) is 7.45. The Labute approximate surface area is 164 Å². The predicted molar refractivity (Wildman–Crippen MR) is 112 cm³/mol. The number of aryl methyl sites for hydroxylation is 1. The summed E-state index contributed by atoms with van der Waals surface area (Å²) >= 11 is 4.02. The zero-order valence-corrected chi connectivity index (χ0v) is 16.9. The molecular formula is C21H25NO2S2. The summed E-state index contributed by atoms with van der Waals surface area (Å²) in [4.78, 5) is 14.1. The fourth-order valence-electron chi connectivity index (χ4n) is 2.79. The highest BCUT2D eigenvalue weighted by Gasteiger charge is 2.16. The number of carbonyl (C=O) groups is 1. The number of amides is 1. The maximum absolute atomic E-state index is 12.3. The van der Waals surface area contributed by atoms with Crippen LogP contribution in [0.3, 0.4) is 0 Å². The van der Waals surface area contributed by atoms with Crippen molar-refractivity contribution in [2.75, 3.05) is 25.2 Å². The van der Waals surface area contributed by atoms with Crippen molar-refractivity contribution in [3.63, 3.8) is 0 Å². The van der Waals surface area contributed by atoms with Crippen molar-refractivity contribution >= 4 is 29.4 Å². The van der Waals surface area contributed by atoms with Gasteiger partial charge in [-0.15, -0.1) is 23.5 Å². The molecule has 0 spiro atoms. The molecule has 0 bridgehead atoms. The lowest BCUT2D eigenvalue weighted by molar-refractivity contribution is -0.132. The van der Waals surface area contributed by atoms with E-state index in [1.807, 2.05) is 54.8 Å². The van der Waals surface area contributed by atoms with E-state index in [4.69, 9.17) is 4.74 Å². The van der Waals surface area contributed by atoms with E-state index >= 15 is 0 Å². The minimum Gasteiger partial charge on any atom is -0.484 e. The van der Waals surface area contributed by atoms with Gasteiger partial charge in [-0.3, -0.25) is 4.79 Å². The summed E-state index contributed by atoms with van der Waals surface area (Å²) in [6, 6.07) is 16.3. The normalized spacial score (nSPS) is 14.8. The van der Waals surface area contributed by atoms with Gasteiger partial charge >= 0.3 is 0 Å². The SMILES string of the molecule is Cc1ccccc1CN(C)C(=O)COc1ccc(C2SCCCS2)cc1. The van der Waals surface area contributed by atoms with E-state index in [0.29, 0.717) is 11.1 Å². The topological polar surface area (TPSA) is 29.5 Å². The van der Waals surface area contributed by atoms with Crippen LogP contribution in [0.4, 0.5) is 0 Å². The molecule has 3 nitrogen and oxygen atoms in total. The number of ether oxygens (including phenoxy) is 1. The Morgan fingerprint density at radius 3 is 2.50 bits per heavy atom. The summed E-state index contributed by atoms with van der Waals surface area (Å²) in [6.07, 6.45) is 1.30. The van der Waals surface area contributed by atoms with Crippen molar-refractivity contribution in [2.45, 2.75) is 24.5 Å². The molecule has 0 aromatic heterocycles. The predicted octanol–water partition coefficient (Wildman–Crippen LogP) is 4.90.